The van der Waals surface area contributed by atoms with Gasteiger partial charge in [0.2, 0.25) is 0 Å². The lowest BCUT2D eigenvalue weighted by molar-refractivity contribution is 0.0186. The third kappa shape index (κ3) is 7.23. The molecule has 1 fully saturated rings. The second-order valence-corrected chi connectivity index (χ2v) is 11.7. The van der Waals surface area contributed by atoms with Crippen LogP contribution in [0.1, 0.15) is 33.6 Å². The predicted molar refractivity (Wildman–Crippen MR) is 129 cm³/mol. The Bertz CT molecular complexity index is 1180. The van der Waals surface area contributed by atoms with Crippen LogP contribution in [-0.4, -0.2) is 67.9 Å². The van der Waals surface area contributed by atoms with Crippen molar-refractivity contribution in [3.05, 3.63) is 36.2 Å². The van der Waals surface area contributed by atoms with Crippen molar-refractivity contribution in [2.24, 2.45) is 5.92 Å². The maximum absolute atomic E-state index is 14.4. The van der Waals surface area contributed by atoms with Gasteiger partial charge in [0.1, 0.15) is 40.1 Å². The molecule has 0 atom stereocenters. The highest BCUT2D eigenvalue weighted by atomic mass is 32.2. The van der Waals surface area contributed by atoms with Crippen LogP contribution in [0, 0.1) is 17.6 Å². The fourth-order valence-corrected chi connectivity index (χ4v) is 4.51. The maximum atomic E-state index is 14.4. The van der Waals surface area contributed by atoms with Crippen LogP contribution < -0.4 is 10.2 Å². The second kappa shape index (κ2) is 10.3. The highest BCUT2D eigenvalue weighted by Crippen LogP contribution is 2.27. The lowest BCUT2D eigenvalue weighted by Crippen LogP contribution is -2.43. The van der Waals surface area contributed by atoms with Gasteiger partial charge in [0.15, 0.2) is 9.84 Å². The first-order valence-electron chi connectivity index (χ1n) is 11.2. The number of anilines is 3. The molecule has 1 aliphatic heterocycles. The molecule has 2 heterocycles. The molecule has 1 amide bonds. The number of ether oxygens (including phenoxy) is 1. The zero-order valence-corrected chi connectivity index (χ0v) is 21.3. The van der Waals surface area contributed by atoms with E-state index in [1.807, 2.05) is 32.7 Å². The van der Waals surface area contributed by atoms with Crippen molar-refractivity contribution in [2.45, 2.75) is 44.1 Å². The quantitative estimate of drug-likeness (QED) is 0.621. The second-order valence-electron chi connectivity index (χ2n) is 9.71. The largest absolute Gasteiger partial charge is 0.444 e. The maximum Gasteiger partial charge on any atom is 0.410 e. The van der Waals surface area contributed by atoms with E-state index in [1.165, 1.54) is 6.33 Å². The molecule has 0 aliphatic carbocycles. The normalized spacial score (nSPS) is 15.1. The van der Waals surface area contributed by atoms with Crippen LogP contribution in [0.2, 0.25) is 0 Å². The van der Waals surface area contributed by atoms with Crippen LogP contribution in [0.5, 0.6) is 0 Å². The van der Waals surface area contributed by atoms with E-state index in [1.54, 1.807) is 11.0 Å². The van der Waals surface area contributed by atoms with Crippen LogP contribution in [0.15, 0.2) is 29.4 Å². The Morgan fingerprint density at radius 1 is 1.17 bits per heavy atom. The van der Waals surface area contributed by atoms with Gasteiger partial charge in [0.25, 0.3) is 0 Å². The number of piperidine rings is 1. The van der Waals surface area contributed by atoms with Crippen molar-refractivity contribution in [1.82, 2.24) is 14.9 Å². The number of nitrogens with one attached hydrogen (secondary N) is 1. The summed E-state index contributed by atoms with van der Waals surface area (Å²) in [5.74, 6) is -0.838. The third-order valence-corrected chi connectivity index (χ3v) is 6.64. The van der Waals surface area contributed by atoms with E-state index in [9.17, 15) is 22.0 Å². The molecule has 12 heteroatoms. The molecule has 2 aromatic rings. The lowest BCUT2D eigenvalue weighted by Gasteiger charge is -2.35. The Hall–Kier alpha value is -3.02. The topological polar surface area (TPSA) is 105 Å². The molecule has 1 aromatic heterocycles. The van der Waals surface area contributed by atoms with Gasteiger partial charge >= 0.3 is 6.09 Å². The fourth-order valence-electron chi connectivity index (χ4n) is 3.78. The zero-order valence-electron chi connectivity index (χ0n) is 20.5. The van der Waals surface area contributed by atoms with E-state index >= 15 is 0 Å². The molecule has 9 nitrogen and oxygen atoms in total. The third-order valence-electron chi connectivity index (χ3n) is 5.53. The summed E-state index contributed by atoms with van der Waals surface area (Å²) in [6.07, 6.45) is 3.45. The van der Waals surface area contributed by atoms with Crippen molar-refractivity contribution >= 4 is 33.3 Å². The molecule has 0 radical (unpaired) electrons. The first-order chi connectivity index (χ1) is 16.2. The predicted octanol–water partition coefficient (Wildman–Crippen LogP) is 3.99. The van der Waals surface area contributed by atoms with Crippen LogP contribution in [0.25, 0.3) is 0 Å². The molecule has 3 rings (SSSR count). The summed E-state index contributed by atoms with van der Waals surface area (Å²) >= 11 is 0. The van der Waals surface area contributed by atoms with Gasteiger partial charge in [0, 0.05) is 45.1 Å². The molecule has 1 aromatic carbocycles. The Labute approximate surface area is 204 Å². The standard InChI is InChI=1S/C23H31F2N5O4S/c1-23(2,3)34-22(31)30-8-6-15(7-9-30)13-29(4)21-12-20(26-14-27-21)28-18-10-17(25)19(11-16(18)24)35(5,32)33/h10-12,14-15H,6-9,13H2,1-5H3,(H,26,27,28). The minimum Gasteiger partial charge on any atom is -0.444 e. The van der Waals surface area contributed by atoms with Gasteiger partial charge in [-0.2, -0.15) is 0 Å². The smallest absolute Gasteiger partial charge is 0.410 e. The van der Waals surface area contributed by atoms with E-state index < -0.39 is 32.0 Å². The number of sulfone groups is 1. The van der Waals surface area contributed by atoms with Crippen molar-refractivity contribution in [3.8, 4) is 0 Å². The van der Waals surface area contributed by atoms with Crippen LogP contribution in [0.4, 0.5) is 30.9 Å². The summed E-state index contributed by atoms with van der Waals surface area (Å²) in [6.45, 7) is 7.42. The Kier molecular flexibility index (Phi) is 7.83. The first kappa shape index (κ1) is 26.6. The number of hydrogen-bond donors (Lipinski definition) is 1. The number of likely N-dealkylation sites (tertiary alicyclic amines) is 1. The number of carbonyl (C=O) groups is 1. The van der Waals surface area contributed by atoms with Crippen molar-refractivity contribution in [3.63, 3.8) is 0 Å². The SMILES string of the molecule is CN(CC1CCN(C(=O)OC(C)(C)C)CC1)c1cc(Nc2cc(F)c(S(C)(=O)=O)cc2F)ncn1. The lowest BCUT2D eigenvalue weighted by atomic mass is 9.96. The Balaban J connectivity index is 1.62. The van der Waals surface area contributed by atoms with Gasteiger partial charge in [-0.15, -0.1) is 0 Å². The summed E-state index contributed by atoms with van der Waals surface area (Å²) in [4.78, 5) is 23.5. The summed E-state index contributed by atoms with van der Waals surface area (Å²) in [5, 5.41) is 2.68. The minimum atomic E-state index is -3.90. The number of amides is 1. The minimum absolute atomic E-state index is 0.229. The van der Waals surface area contributed by atoms with Crippen LogP contribution in [0.3, 0.4) is 0 Å². The molecular weight excluding hydrogens is 480 g/mol. The van der Waals surface area contributed by atoms with Gasteiger partial charge in [-0.3, -0.25) is 0 Å². The van der Waals surface area contributed by atoms with E-state index in [0.29, 0.717) is 37.4 Å². The van der Waals surface area contributed by atoms with Gasteiger partial charge in [-0.1, -0.05) is 0 Å². The number of halogens is 2. The van der Waals surface area contributed by atoms with E-state index in [2.05, 4.69) is 15.3 Å². The van der Waals surface area contributed by atoms with E-state index in [0.717, 1.165) is 25.2 Å². The number of rotatable bonds is 6. The summed E-state index contributed by atoms with van der Waals surface area (Å²) in [6, 6.07) is 3.03. The van der Waals surface area contributed by atoms with Crippen molar-refractivity contribution in [2.75, 3.05) is 43.2 Å². The number of benzene rings is 1. The van der Waals surface area contributed by atoms with E-state index in [-0.39, 0.29) is 17.6 Å². The summed E-state index contributed by atoms with van der Waals surface area (Å²) < 4.78 is 57.2. The van der Waals surface area contributed by atoms with E-state index in [4.69, 9.17) is 4.74 Å². The van der Waals surface area contributed by atoms with Crippen LogP contribution >= 0.6 is 0 Å². The summed E-state index contributed by atoms with van der Waals surface area (Å²) in [5.41, 5.74) is -0.770. The van der Waals surface area contributed by atoms with Crippen molar-refractivity contribution in [1.29, 1.82) is 0 Å². The monoisotopic (exact) mass is 511 g/mol. The zero-order chi connectivity index (χ0) is 26.0. The fraction of sp³-hybridized carbons (Fsp3) is 0.522. The molecule has 1 saturated heterocycles. The van der Waals surface area contributed by atoms with Gasteiger partial charge in [0.05, 0.1) is 5.69 Å². The Morgan fingerprint density at radius 3 is 2.43 bits per heavy atom. The average molecular weight is 512 g/mol. The molecule has 35 heavy (non-hydrogen) atoms. The van der Waals surface area contributed by atoms with Gasteiger partial charge in [-0.05, 0) is 45.6 Å². The molecule has 192 valence electrons. The summed E-state index contributed by atoms with van der Waals surface area (Å²) in [7, 11) is -2.03. The van der Waals surface area contributed by atoms with Crippen LogP contribution in [-0.2, 0) is 14.6 Å². The number of carbonyl (C=O) groups excluding carboxylic acids is 1. The molecule has 1 aliphatic rings. The van der Waals surface area contributed by atoms with Gasteiger partial charge < -0.3 is 19.9 Å². The molecule has 0 bridgehead atoms. The number of nitrogens with zero attached hydrogens (tertiary/aromatic N) is 4. The average Bonchev–Trinajstić information content (AvgIpc) is 2.74. The molecule has 0 unspecified atom stereocenters. The highest BCUT2D eigenvalue weighted by Gasteiger charge is 2.27. The number of aromatic nitrogens is 2. The molecule has 0 spiro atoms. The van der Waals surface area contributed by atoms with Gasteiger partial charge in [-0.25, -0.2) is 32.0 Å². The van der Waals surface area contributed by atoms with Crippen molar-refractivity contribution < 1.29 is 26.7 Å². The molecule has 0 saturated carbocycles. The first-order valence-corrected chi connectivity index (χ1v) is 13.1. The molecule has 1 N–H and O–H groups in total. The Morgan fingerprint density at radius 2 is 1.83 bits per heavy atom. The molecular formula is C23H31F2N5O4S. The highest BCUT2D eigenvalue weighted by molar-refractivity contribution is 7.90. The number of hydrogen-bond acceptors (Lipinski definition) is 8.